The highest BCUT2D eigenvalue weighted by molar-refractivity contribution is 6.18. The highest BCUT2D eigenvalue weighted by Crippen LogP contribution is 2.61. The van der Waals surface area contributed by atoms with Crippen molar-refractivity contribution in [3.05, 3.63) is 60.7 Å². The van der Waals surface area contributed by atoms with Gasteiger partial charge in [0.25, 0.3) is 0 Å². The number of fused-ring (bicyclic) bond motifs is 2. The van der Waals surface area contributed by atoms with E-state index in [0.717, 1.165) is 17.8 Å². The first kappa shape index (κ1) is 16.1. The predicted molar refractivity (Wildman–Crippen MR) is 98.6 cm³/mol. The van der Waals surface area contributed by atoms with Gasteiger partial charge in [0.2, 0.25) is 5.91 Å². The van der Waals surface area contributed by atoms with Crippen LogP contribution in [0.4, 0.5) is 11.4 Å². The number of benzene rings is 2. The fourth-order valence-corrected chi connectivity index (χ4v) is 4.71. The molecule has 0 radical (unpaired) electrons. The minimum Gasteiger partial charge on any atom is -0.298 e. The lowest BCUT2D eigenvalue weighted by atomic mass is 9.70. The van der Waals surface area contributed by atoms with Crippen LogP contribution >= 0.6 is 0 Å². The Kier molecular flexibility index (Phi) is 3.57. The molecule has 1 amide bonds. The van der Waals surface area contributed by atoms with Gasteiger partial charge in [-0.05, 0) is 49.4 Å². The molecule has 0 heterocycles. The van der Waals surface area contributed by atoms with Gasteiger partial charge in [0, 0.05) is 16.8 Å². The summed E-state index contributed by atoms with van der Waals surface area (Å²) >= 11 is 0. The van der Waals surface area contributed by atoms with Crippen LogP contribution in [0.1, 0.15) is 33.1 Å². The number of ketones is 1. The molecule has 0 aliphatic heterocycles. The van der Waals surface area contributed by atoms with E-state index in [4.69, 9.17) is 0 Å². The Balaban J connectivity index is 1.81. The average molecular weight is 333 g/mol. The maximum absolute atomic E-state index is 13.7. The van der Waals surface area contributed by atoms with Gasteiger partial charge in [-0.1, -0.05) is 50.2 Å². The summed E-state index contributed by atoms with van der Waals surface area (Å²) in [7, 11) is 0. The zero-order valence-corrected chi connectivity index (χ0v) is 14.7. The lowest BCUT2D eigenvalue weighted by Crippen LogP contribution is -2.47. The number of hydrogen-bond donors (Lipinski definition) is 0. The molecule has 0 N–H and O–H groups in total. The van der Waals surface area contributed by atoms with Crippen molar-refractivity contribution in [2.45, 2.75) is 33.1 Å². The second-order valence-electron chi connectivity index (χ2n) is 7.88. The SMILES string of the molecule is CC1(C)C(=O)C2(C(=O)N(c3ccccc3)c3ccccc3)CCC1C2. The third-order valence-corrected chi connectivity index (χ3v) is 6.20. The number of amides is 1. The Morgan fingerprint density at radius 3 is 1.92 bits per heavy atom. The summed E-state index contributed by atoms with van der Waals surface area (Å²) in [5, 5.41) is 0. The third-order valence-electron chi connectivity index (χ3n) is 6.20. The molecule has 2 unspecified atom stereocenters. The van der Waals surface area contributed by atoms with Crippen LogP contribution in [0.2, 0.25) is 0 Å². The lowest BCUT2D eigenvalue weighted by molar-refractivity contribution is -0.143. The topological polar surface area (TPSA) is 37.4 Å². The van der Waals surface area contributed by atoms with Gasteiger partial charge >= 0.3 is 0 Å². The number of nitrogens with zero attached hydrogens (tertiary/aromatic N) is 1. The van der Waals surface area contributed by atoms with Gasteiger partial charge < -0.3 is 0 Å². The summed E-state index contributed by atoms with van der Waals surface area (Å²) in [4.78, 5) is 28.6. The molecule has 4 rings (SSSR count). The minimum absolute atomic E-state index is 0.0667. The van der Waals surface area contributed by atoms with Crippen LogP contribution in [0.25, 0.3) is 0 Å². The summed E-state index contributed by atoms with van der Waals surface area (Å²) in [5.41, 5.74) is 0.371. The van der Waals surface area contributed by atoms with Gasteiger partial charge in [0.15, 0.2) is 5.78 Å². The van der Waals surface area contributed by atoms with Gasteiger partial charge in [0.05, 0.1) is 0 Å². The number of para-hydroxylation sites is 2. The second kappa shape index (κ2) is 5.55. The monoisotopic (exact) mass is 333 g/mol. The molecule has 2 saturated carbocycles. The third kappa shape index (κ3) is 2.25. The second-order valence-corrected chi connectivity index (χ2v) is 7.88. The normalized spacial score (nSPS) is 26.6. The summed E-state index contributed by atoms with van der Waals surface area (Å²) in [6.45, 7) is 4.01. The molecule has 0 aromatic heterocycles. The largest absolute Gasteiger partial charge is 0.298 e. The zero-order valence-electron chi connectivity index (χ0n) is 14.7. The smallest absolute Gasteiger partial charge is 0.245 e. The Morgan fingerprint density at radius 2 is 1.48 bits per heavy atom. The molecule has 2 aliphatic carbocycles. The highest BCUT2D eigenvalue weighted by Gasteiger charge is 2.66. The number of rotatable bonds is 3. The Hall–Kier alpha value is -2.42. The molecular weight excluding hydrogens is 310 g/mol. The van der Waals surface area contributed by atoms with Crippen LogP contribution in [0.15, 0.2) is 60.7 Å². The average Bonchev–Trinajstić information content (AvgIpc) is 3.16. The fraction of sp³-hybridized carbons (Fsp3) is 0.364. The lowest BCUT2D eigenvalue weighted by Gasteiger charge is -2.36. The molecule has 25 heavy (non-hydrogen) atoms. The van der Waals surface area contributed by atoms with Gasteiger partial charge in [-0.15, -0.1) is 0 Å². The molecule has 2 fully saturated rings. The zero-order chi connectivity index (χ0) is 17.7. The van der Waals surface area contributed by atoms with Crippen molar-refractivity contribution >= 4 is 23.1 Å². The molecular formula is C22H23NO2. The van der Waals surface area contributed by atoms with Crippen LogP contribution in [-0.2, 0) is 9.59 Å². The van der Waals surface area contributed by atoms with E-state index in [2.05, 4.69) is 0 Å². The Labute approximate surface area is 148 Å². The number of Topliss-reactive ketones (excluding diaryl/α,β-unsaturated/α-hetero) is 1. The number of hydrogen-bond acceptors (Lipinski definition) is 2. The Morgan fingerprint density at radius 1 is 0.960 bits per heavy atom. The molecule has 2 aromatic rings. The van der Waals surface area contributed by atoms with Crippen LogP contribution in [0.5, 0.6) is 0 Å². The number of carbonyl (C=O) groups is 2. The maximum Gasteiger partial charge on any atom is 0.245 e. The van der Waals surface area contributed by atoms with E-state index in [1.54, 1.807) is 4.90 Å². The number of carbonyl (C=O) groups excluding carboxylic acids is 2. The standard InChI is InChI=1S/C22H23NO2/c1-21(2)16-13-14-22(15-16,19(21)24)20(25)23(17-9-5-3-6-10-17)18-11-7-4-8-12-18/h3-12,16H,13-15H2,1-2H3. The van der Waals surface area contributed by atoms with Crippen LogP contribution in [-0.4, -0.2) is 11.7 Å². The van der Waals surface area contributed by atoms with Gasteiger partial charge in [-0.2, -0.15) is 0 Å². The predicted octanol–water partition coefficient (Wildman–Crippen LogP) is 4.75. The van der Waals surface area contributed by atoms with Crippen LogP contribution in [0.3, 0.4) is 0 Å². The van der Waals surface area contributed by atoms with Gasteiger partial charge in [-0.3, -0.25) is 14.5 Å². The van der Waals surface area contributed by atoms with E-state index in [0.29, 0.717) is 18.8 Å². The molecule has 0 saturated heterocycles. The van der Waals surface area contributed by atoms with E-state index in [1.165, 1.54) is 0 Å². The van der Waals surface area contributed by atoms with E-state index < -0.39 is 10.8 Å². The first-order valence-electron chi connectivity index (χ1n) is 8.96. The van der Waals surface area contributed by atoms with Crippen molar-refractivity contribution in [1.29, 1.82) is 0 Å². The van der Waals surface area contributed by atoms with Crippen molar-refractivity contribution in [3.63, 3.8) is 0 Å². The first-order chi connectivity index (χ1) is 12.0. The van der Waals surface area contributed by atoms with Crippen molar-refractivity contribution in [3.8, 4) is 0 Å². The van der Waals surface area contributed by atoms with Crippen LogP contribution in [0, 0.1) is 16.7 Å². The molecule has 3 nitrogen and oxygen atoms in total. The van der Waals surface area contributed by atoms with E-state index in [1.807, 2.05) is 74.5 Å². The fourth-order valence-electron chi connectivity index (χ4n) is 4.71. The molecule has 2 aliphatic rings. The minimum atomic E-state index is -0.861. The summed E-state index contributed by atoms with van der Waals surface area (Å²) < 4.78 is 0. The van der Waals surface area contributed by atoms with E-state index in [9.17, 15) is 9.59 Å². The number of anilines is 2. The van der Waals surface area contributed by atoms with E-state index in [-0.39, 0.29) is 11.7 Å². The molecule has 3 heteroatoms. The molecule has 2 bridgehead atoms. The van der Waals surface area contributed by atoms with Crippen molar-refractivity contribution in [1.82, 2.24) is 0 Å². The molecule has 2 atom stereocenters. The van der Waals surface area contributed by atoms with Crippen molar-refractivity contribution in [2.75, 3.05) is 4.90 Å². The Bertz CT molecular complexity index is 773. The van der Waals surface area contributed by atoms with Gasteiger partial charge in [-0.25, -0.2) is 0 Å². The summed E-state index contributed by atoms with van der Waals surface area (Å²) in [6.07, 6.45) is 2.32. The summed E-state index contributed by atoms with van der Waals surface area (Å²) in [5.74, 6) is 0.374. The molecule has 2 aromatic carbocycles. The first-order valence-corrected chi connectivity index (χ1v) is 8.96. The van der Waals surface area contributed by atoms with Crippen LogP contribution < -0.4 is 4.90 Å². The maximum atomic E-state index is 13.7. The molecule has 128 valence electrons. The molecule has 0 spiro atoms. The quantitative estimate of drug-likeness (QED) is 0.760. The highest BCUT2D eigenvalue weighted by atomic mass is 16.2. The van der Waals surface area contributed by atoms with Crippen molar-refractivity contribution in [2.24, 2.45) is 16.7 Å². The van der Waals surface area contributed by atoms with Gasteiger partial charge in [0.1, 0.15) is 5.41 Å². The summed E-state index contributed by atoms with van der Waals surface area (Å²) in [6, 6.07) is 19.3. The van der Waals surface area contributed by atoms with Crippen molar-refractivity contribution < 1.29 is 9.59 Å². The van der Waals surface area contributed by atoms with E-state index >= 15 is 0 Å².